The van der Waals surface area contributed by atoms with Gasteiger partial charge in [0.15, 0.2) is 0 Å². The normalized spacial score (nSPS) is 11.4. The first-order chi connectivity index (χ1) is 8.08. The van der Waals surface area contributed by atoms with E-state index >= 15 is 0 Å². The SMILES string of the molecule is C#CCC(C)Nc1ccc(OC)cc1[N+](=O)[O-]. The van der Waals surface area contributed by atoms with Crippen LogP contribution in [-0.2, 0) is 0 Å². The summed E-state index contributed by atoms with van der Waals surface area (Å²) in [4.78, 5) is 10.4. The average molecular weight is 234 g/mol. The van der Waals surface area contributed by atoms with Crippen molar-refractivity contribution in [1.82, 2.24) is 0 Å². The Morgan fingerprint density at radius 3 is 2.88 bits per heavy atom. The van der Waals surface area contributed by atoms with E-state index in [2.05, 4.69) is 11.2 Å². The molecule has 1 N–H and O–H groups in total. The second-order valence-corrected chi connectivity index (χ2v) is 3.59. The van der Waals surface area contributed by atoms with Crippen molar-refractivity contribution in [3.8, 4) is 18.1 Å². The minimum atomic E-state index is -0.451. The van der Waals surface area contributed by atoms with Crippen LogP contribution in [0.3, 0.4) is 0 Å². The van der Waals surface area contributed by atoms with Gasteiger partial charge in [-0.3, -0.25) is 10.1 Å². The summed E-state index contributed by atoms with van der Waals surface area (Å²) in [5, 5.41) is 13.9. The Morgan fingerprint density at radius 2 is 2.35 bits per heavy atom. The molecule has 1 aromatic carbocycles. The highest BCUT2D eigenvalue weighted by Gasteiger charge is 2.16. The summed E-state index contributed by atoms with van der Waals surface area (Å²) in [6.45, 7) is 1.87. The van der Waals surface area contributed by atoms with Crippen molar-refractivity contribution in [3.63, 3.8) is 0 Å². The fraction of sp³-hybridized carbons (Fsp3) is 0.333. The van der Waals surface area contributed by atoms with Gasteiger partial charge in [-0.2, -0.15) is 0 Å². The molecule has 90 valence electrons. The van der Waals surface area contributed by atoms with E-state index in [1.54, 1.807) is 12.1 Å². The monoisotopic (exact) mass is 234 g/mol. The third kappa shape index (κ3) is 3.38. The molecule has 0 bridgehead atoms. The molecule has 17 heavy (non-hydrogen) atoms. The van der Waals surface area contributed by atoms with Crippen LogP contribution >= 0.6 is 0 Å². The van der Waals surface area contributed by atoms with Crippen LogP contribution in [0.15, 0.2) is 18.2 Å². The topological polar surface area (TPSA) is 64.4 Å². The second kappa shape index (κ2) is 5.75. The lowest BCUT2D eigenvalue weighted by molar-refractivity contribution is -0.384. The van der Waals surface area contributed by atoms with Crippen LogP contribution in [0.4, 0.5) is 11.4 Å². The minimum Gasteiger partial charge on any atom is -0.496 e. The van der Waals surface area contributed by atoms with Gasteiger partial charge in [0.2, 0.25) is 0 Å². The van der Waals surface area contributed by atoms with Crippen LogP contribution in [-0.4, -0.2) is 18.1 Å². The molecule has 0 heterocycles. The number of benzene rings is 1. The molecule has 0 saturated heterocycles. The first-order valence-electron chi connectivity index (χ1n) is 5.11. The Kier molecular flexibility index (Phi) is 4.35. The average Bonchev–Trinajstić information content (AvgIpc) is 2.29. The zero-order chi connectivity index (χ0) is 12.8. The molecule has 0 amide bonds. The van der Waals surface area contributed by atoms with Gasteiger partial charge in [-0.25, -0.2) is 0 Å². The smallest absolute Gasteiger partial charge is 0.296 e. The highest BCUT2D eigenvalue weighted by molar-refractivity contribution is 5.64. The Hall–Kier alpha value is -2.22. The highest BCUT2D eigenvalue weighted by atomic mass is 16.6. The molecule has 0 aliphatic carbocycles. The molecular weight excluding hydrogens is 220 g/mol. The number of nitro benzene ring substituents is 1. The van der Waals surface area contributed by atoms with Gasteiger partial charge in [-0.15, -0.1) is 12.3 Å². The number of methoxy groups -OCH3 is 1. The van der Waals surface area contributed by atoms with Crippen molar-refractivity contribution in [2.75, 3.05) is 12.4 Å². The molecule has 5 heteroatoms. The Balaban J connectivity index is 2.99. The van der Waals surface area contributed by atoms with Gasteiger partial charge in [0.25, 0.3) is 5.69 Å². The molecule has 1 atom stereocenters. The predicted octanol–water partition coefficient (Wildman–Crippen LogP) is 2.43. The van der Waals surface area contributed by atoms with Crippen LogP contribution in [0.1, 0.15) is 13.3 Å². The van der Waals surface area contributed by atoms with Crippen molar-refractivity contribution >= 4 is 11.4 Å². The number of ether oxygens (including phenoxy) is 1. The first-order valence-corrected chi connectivity index (χ1v) is 5.11. The number of rotatable bonds is 5. The van der Waals surface area contributed by atoms with Crippen molar-refractivity contribution in [3.05, 3.63) is 28.3 Å². The summed E-state index contributed by atoms with van der Waals surface area (Å²) >= 11 is 0. The van der Waals surface area contributed by atoms with E-state index in [4.69, 9.17) is 11.2 Å². The number of nitro groups is 1. The van der Waals surface area contributed by atoms with Gasteiger partial charge >= 0.3 is 0 Å². The van der Waals surface area contributed by atoms with Crippen molar-refractivity contribution in [1.29, 1.82) is 0 Å². The zero-order valence-electron chi connectivity index (χ0n) is 9.77. The van der Waals surface area contributed by atoms with E-state index in [1.807, 2.05) is 6.92 Å². The summed E-state index contributed by atoms with van der Waals surface area (Å²) < 4.78 is 4.95. The molecule has 1 aromatic rings. The highest BCUT2D eigenvalue weighted by Crippen LogP contribution is 2.29. The van der Waals surface area contributed by atoms with Crippen LogP contribution in [0, 0.1) is 22.5 Å². The van der Waals surface area contributed by atoms with E-state index in [-0.39, 0.29) is 11.7 Å². The summed E-state index contributed by atoms with van der Waals surface area (Å²) in [6, 6.07) is 4.64. The largest absolute Gasteiger partial charge is 0.496 e. The molecule has 0 aliphatic heterocycles. The van der Waals surface area contributed by atoms with Crippen molar-refractivity contribution in [2.24, 2.45) is 0 Å². The fourth-order valence-corrected chi connectivity index (χ4v) is 1.40. The van der Waals surface area contributed by atoms with Crippen LogP contribution in [0.2, 0.25) is 0 Å². The number of terminal acetylenes is 1. The van der Waals surface area contributed by atoms with Gasteiger partial charge in [-0.1, -0.05) is 0 Å². The number of hydrogen-bond acceptors (Lipinski definition) is 4. The predicted molar refractivity (Wildman–Crippen MR) is 66.2 cm³/mol. The Morgan fingerprint density at radius 1 is 1.65 bits per heavy atom. The van der Waals surface area contributed by atoms with Crippen LogP contribution in [0.25, 0.3) is 0 Å². The Labute approximate surface area is 99.9 Å². The van der Waals surface area contributed by atoms with Crippen molar-refractivity contribution < 1.29 is 9.66 Å². The molecule has 0 saturated carbocycles. The van der Waals surface area contributed by atoms with E-state index < -0.39 is 4.92 Å². The number of nitrogens with zero attached hydrogens (tertiary/aromatic N) is 1. The van der Waals surface area contributed by atoms with Gasteiger partial charge in [0, 0.05) is 12.5 Å². The van der Waals surface area contributed by atoms with Gasteiger partial charge in [0.05, 0.1) is 18.1 Å². The molecule has 0 fully saturated rings. The summed E-state index contributed by atoms with van der Waals surface area (Å²) in [5.41, 5.74) is 0.423. The molecule has 0 spiro atoms. The molecule has 1 rings (SSSR count). The number of anilines is 1. The zero-order valence-corrected chi connectivity index (χ0v) is 9.77. The lowest BCUT2D eigenvalue weighted by Gasteiger charge is -2.13. The Bertz CT molecular complexity index is 452. The molecule has 0 aromatic heterocycles. The fourth-order valence-electron chi connectivity index (χ4n) is 1.40. The van der Waals surface area contributed by atoms with E-state index in [0.717, 1.165) is 0 Å². The molecule has 0 radical (unpaired) electrons. The van der Waals surface area contributed by atoms with E-state index in [9.17, 15) is 10.1 Å². The number of nitrogens with one attached hydrogen (secondary N) is 1. The van der Waals surface area contributed by atoms with E-state index in [1.165, 1.54) is 13.2 Å². The third-order valence-electron chi connectivity index (χ3n) is 2.23. The van der Waals surface area contributed by atoms with Gasteiger partial charge in [-0.05, 0) is 19.1 Å². The maximum absolute atomic E-state index is 10.9. The maximum Gasteiger partial charge on any atom is 0.296 e. The molecule has 0 aliphatic rings. The van der Waals surface area contributed by atoms with Crippen molar-refractivity contribution in [2.45, 2.75) is 19.4 Å². The summed E-state index contributed by atoms with van der Waals surface area (Å²) in [7, 11) is 1.47. The number of hydrogen-bond donors (Lipinski definition) is 1. The summed E-state index contributed by atoms with van der Waals surface area (Å²) in [6.07, 6.45) is 5.69. The van der Waals surface area contributed by atoms with Gasteiger partial charge in [0.1, 0.15) is 11.4 Å². The van der Waals surface area contributed by atoms with Crippen LogP contribution in [0.5, 0.6) is 5.75 Å². The lowest BCUT2D eigenvalue weighted by atomic mass is 10.2. The summed E-state index contributed by atoms with van der Waals surface area (Å²) in [5.74, 6) is 2.95. The molecule has 1 unspecified atom stereocenters. The molecule has 5 nitrogen and oxygen atoms in total. The van der Waals surface area contributed by atoms with E-state index in [0.29, 0.717) is 17.9 Å². The second-order valence-electron chi connectivity index (χ2n) is 3.59. The quantitative estimate of drug-likeness (QED) is 0.482. The standard InChI is InChI=1S/C12H14N2O3/c1-4-5-9(2)13-11-7-6-10(17-3)8-12(11)14(15)16/h1,6-9,13H,5H2,2-3H3. The molecular formula is C12H14N2O3. The lowest BCUT2D eigenvalue weighted by Crippen LogP contribution is -2.15. The maximum atomic E-state index is 10.9. The third-order valence-corrected chi connectivity index (χ3v) is 2.23. The van der Waals surface area contributed by atoms with Crippen LogP contribution < -0.4 is 10.1 Å². The first kappa shape index (κ1) is 12.8. The van der Waals surface area contributed by atoms with Gasteiger partial charge < -0.3 is 10.1 Å². The minimum absolute atomic E-state index is 0.0202.